The molecule has 0 spiro atoms. The molecule has 3 N–H and O–H groups in total. The molecular weight excluding hydrogens is 304 g/mol. The Balaban J connectivity index is 1.91. The highest BCUT2D eigenvalue weighted by molar-refractivity contribution is 5.59. The number of rotatable bonds is 5. The van der Waals surface area contributed by atoms with Crippen LogP contribution in [0.2, 0.25) is 0 Å². The van der Waals surface area contributed by atoms with Crippen LogP contribution in [0, 0.1) is 6.92 Å². The first-order valence-corrected chi connectivity index (χ1v) is 7.60. The third-order valence-corrected chi connectivity index (χ3v) is 3.95. The van der Waals surface area contributed by atoms with Gasteiger partial charge in [0.15, 0.2) is 17.3 Å². The van der Waals surface area contributed by atoms with Gasteiger partial charge in [-0.25, -0.2) is 4.98 Å². The lowest BCUT2D eigenvalue weighted by molar-refractivity contribution is 0.354. The summed E-state index contributed by atoms with van der Waals surface area (Å²) < 4.78 is 10.6. The Kier molecular flexibility index (Phi) is 4.48. The van der Waals surface area contributed by atoms with Crippen LogP contribution in [-0.4, -0.2) is 29.4 Å². The fourth-order valence-electron chi connectivity index (χ4n) is 2.56. The Bertz CT molecular complexity index is 845. The second-order valence-electron chi connectivity index (χ2n) is 5.45. The summed E-state index contributed by atoms with van der Waals surface area (Å²) in [5.74, 6) is 2.52. The van der Waals surface area contributed by atoms with Gasteiger partial charge in [0.1, 0.15) is 5.82 Å². The van der Waals surface area contributed by atoms with Crippen LogP contribution in [-0.2, 0) is 0 Å². The highest BCUT2D eigenvalue weighted by atomic mass is 16.5. The standard InChI is InChI=1S/C18H20N4O2/c1-11-6-4-5-7-13(11)17-20-18(22-21-17)16(19)12-8-9-14(23-2)15(10-12)24-3/h4-10,16H,19H2,1-3H3,(H,20,21,22)/t16-/m1/s1. The van der Waals surface area contributed by atoms with Crippen molar-refractivity contribution in [1.29, 1.82) is 0 Å². The van der Waals surface area contributed by atoms with Gasteiger partial charge in [-0.1, -0.05) is 30.3 Å². The van der Waals surface area contributed by atoms with Crippen molar-refractivity contribution < 1.29 is 9.47 Å². The second kappa shape index (κ2) is 6.72. The molecule has 3 rings (SSSR count). The van der Waals surface area contributed by atoms with E-state index < -0.39 is 6.04 Å². The molecule has 6 heteroatoms. The SMILES string of the molecule is COc1ccc([C@@H](N)c2nc(-c3ccccc3C)n[nH]2)cc1OC. The van der Waals surface area contributed by atoms with E-state index in [1.54, 1.807) is 14.2 Å². The minimum absolute atomic E-state index is 0.435. The molecule has 0 unspecified atom stereocenters. The number of H-pyrrole nitrogens is 1. The predicted octanol–water partition coefficient (Wildman–Crippen LogP) is 2.85. The molecule has 1 atom stereocenters. The number of nitrogens with zero attached hydrogens (tertiary/aromatic N) is 2. The average Bonchev–Trinajstić information content (AvgIpc) is 3.10. The first kappa shape index (κ1) is 16.0. The van der Waals surface area contributed by atoms with Gasteiger partial charge in [0.25, 0.3) is 0 Å². The Hall–Kier alpha value is -2.86. The van der Waals surface area contributed by atoms with Crippen LogP contribution in [0.1, 0.15) is 23.0 Å². The van der Waals surface area contributed by atoms with Crippen LogP contribution in [0.15, 0.2) is 42.5 Å². The normalized spacial score (nSPS) is 12.0. The Morgan fingerprint density at radius 2 is 1.79 bits per heavy atom. The van der Waals surface area contributed by atoms with Gasteiger partial charge in [-0.15, -0.1) is 0 Å². The fraction of sp³-hybridized carbons (Fsp3) is 0.222. The van der Waals surface area contributed by atoms with Crippen LogP contribution in [0.3, 0.4) is 0 Å². The molecule has 3 aromatic rings. The highest BCUT2D eigenvalue weighted by Crippen LogP contribution is 2.31. The van der Waals surface area contributed by atoms with Crippen molar-refractivity contribution in [2.45, 2.75) is 13.0 Å². The average molecular weight is 324 g/mol. The quantitative estimate of drug-likeness (QED) is 0.753. The third kappa shape index (κ3) is 2.96. The van der Waals surface area contributed by atoms with Crippen LogP contribution >= 0.6 is 0 Å². The van der Waals surface area contributed by atoms with Crippen molar-refractivity contribution in [2.75, 3.05) is 14.2 Å². The second-order valence-corrected chi connectivity index (χ2v) is 5.45. The van der Waals surface area contributed by atoms with Gasteiger partial charge in [-0.05, 0) is 30.2 Å². The van der Waals surface area contributed by atoms with Crippen LogP contribution in [0.4, 0.5) is 0 Å². The summed E-state index contributed by atoms with van der Waals surface area (Å²) in [7, 11) is 3.19. The minimum atomic E-state index is -0.435. The molecule has 1 heterocycles. The maximum Gasteiger partial charge on any atom is 0.181 e. The Morgan fingerprint density at radius 3 is 2.50 bits per heavy atom. The third-order valence-electron chi connectivity index (χ3n) is 3.95. The van der Waals surface area contributed by atoms with Crippen LogP contribution < -0.4 is 15.2 Å². The predicted molar refractivity (Wildman–Crippen MR) is 92.1 cm³/mol. The molecule has 1 aromatic heterocycles. The van der Waals surface area contributed by atoms with E-state index in [0.717, 1.165) is 16.7 Å². The van der Waals surface area contributed by atoms with Crippen molar-refractivity contribution in [2.24, 2.45) is 5.73 Å². The number of aromatic nitrogens is 3. The van der Waals surface area contributed by atoms with E-state index in [0.29, 0.717) is 23.1 Å². The van der Waals surface area contributed by atoms with Gasteiger partial charge in [0.2, 0.25) is 0 Å². The number of benzene rings is 2. The number of nitrogens with two attached hydrogens (primary N) is 1. The number of nitrogens with one attached hydrogen (secondary N) is 1. The van der Waals surface area contributed by atoms with Gasteiger partial charge >= 0.3 is 0 Å². The minimum Gasteiger partial charge on any atom is -0.493 e. The molecule has 0 aliphatic heterocycles. The van der Waals surface area contributed by atoms with Gasteiger partial charge in [0.05, 0.1) is 20.3 Å². The van der Waals surface area contributed by atoms with Crippen molar-refractivity contribution in [3.05, 3.63) is 59.4 Å². The van der Waals surface area contributed by atoms with E-state index in [2.05, 4.69) is 15.2 Å². The highest BCUT2D eigenvalue weighted by Gasteiger charge is 2.17. The molecule has 0 amide bonds. The van der Waals surface area contributed by atoms with Gasteiger partial charge in [-0.3, -0.25) is 5.10 Å². The monoisotopic (exact) mass is 324 g/mol. The molecule has 0 saturated carbocycles. The summed E-state index contributed by atoms with van der Waals surface area (Å²) in [5.41, 5.74) is 9.29. The Morgan fingerprint density at radius 1 is 1.04 bits per heavy atom. The molecule has 6 nitrogen and oxygen atoms in total. The zero-order valence-electron chi connectivity index (χ0n) is 13.9. The molecule has 0 aliphatic carbocycles. The molecule has 0 fully saturated rings. The maximum atomic E-state index is 6.33. The molecule has 2 aromatic carbocycles. The first-order chi connectivity index (χ1) is 11.6. The zero-order valence-corrected chi connectivity index (χ0v) is 13.9. The summed E-state index contributed by atoms with van der Waals surface area (Å²) in [6.07, 6.45) is 0. The van der Waals surface area contributed by atoms with Crippen molar-refractivity contribution >= 4 is 0 Å². The first-order valence-electron chi connectivity index (χ1n) is 7.60. The van der Waals surface area contributed by atoms with E-state index in [-0.39, 0.29) is 0 Å². The lowest BCUT2D eigenvalue weighted by Crippen LogP contribution is -2.14. The van der Waals surface area contributed by atoms with Gasteiger partial charge in [-0.2, -0.15) is 5.10 Å². The number of hydrogen-bond donors (Lipinski definition) is 2. The lowest BCUT2D eigenvalue weighted by atomic mass is 10.1. The lowest BCUT2D eigenvalue weighted by Gasteiger charge is -2.13. The van der Waals surface area contributed by atoms with Crippen molar-refractivity contribution in [1.82, 2.24) is 15.2 Å². The van der Waals surface area contributed by atoms with Crippen LogP contribution in [0.25, 0.3) is 11.4 Å². The number of ether oxygens (including phenoxy) is 2. The van der Waals surface area contributed by atoms with E-state index in [1.165, 1.54) is 0 Å². The molecule has 24 heavy (non-hydrogen) atoms. The van der Waals surface area contributed by atoms with Gasteiger partial charge < -0.3 is 15.2 Å². The van der Waals surface area contributed by atoms with Gasteiger partial charge in [0, 0.05) is 5.56 Å². The topological polar surface area (TPSA) is 86.0 Å². The van der Waals surface area contributed by atoms with Crippen LogP contribution in [0.5, 0.6) is 11.5 Å². The summed E-state index contributed by atoms with van der Waals surface area (Å²) in [4.78, 5) is 4.55. The smallest absolute Gasteiger partial charge is 0.181 e. The summed E-state index contributed by atoms with van der Waals surface area (Å²) in [6.45, 7) is 2.03. The zero-order chi connectivity index (χ0) is 17.1. The fourth-order valence-corrected chi connectivity index (χ4v) is 2.56. The Labute approximate surface area is 140 Å². The molecule has 0 bridgehead atoms. The van der Waals surface area contributed by atoms with E-state index >= 15 is 0 Å². The van der Waals surface area contributed by atoms with Crippen molar-refractivity contribution in [3.8, 4) is 22.9 Å². The molecule has 0 saturated heterocycles. The molecular formula is C18H20N4O2. The molecule has 0 aliphatic rings. The van der Waals surface area contributed by atoms with E-state index in [4.69, 9.17) is 15.2 Å². The molecule has 0 radical (unpaired) electrons. The number of aromatic amines is 1. The summed E-state index contributed by atoms with van der Waals surface area (Å²) >= 11 is 0. The largest absolute Gasteiger partial charge is 0.493 e. The summed E-state index contributed by atoms with van der Waals surface area (Å²) in [6, 6.07) is 13.1. The number of aryl methyl sites for hydroxylation is 1. The van der Waals surface area contributed by atoms with E-state index in [1.807, 2.05) is 49.4 Å². The summed E-state index contributed by atoms with van der Waals surface area (Å²) in [5, 5.41) is 7.24. The molecule has 124 valence electrons. The maximum absolute atomic E-state index is 6.33. The van der Waals surface area contributed by atoms with Crippen molar-refractivity contribution in [3.63, 3.8) is 0 Å². The number of methoxy groups -OCH3 is 2. The van der Waals surface area contributed by atoms with E-state index in [9.17, 15) is 0 Å². The number of hydrogen-bond acceptors (Lipinski definition) is 5.